The lowest BCUT2D eigenvalue weighted by molar-refractivity contribution is -0.384. The third-order valence-corrected chi connectivity index (χ3v) is 4.44. The van der Waals surface area contributed by atoms with Crippen molar-refractivity contribution in [3.8, 4) is 0 Å². The minimum absolute atomic E-state index is 0.0442. The monoisotopic (exact) mass is 374 g/mol. The summed E-state index contributed by atoms with van der Waals surface area (Å²) in [5.74, 6) is -0.191. The van der Waals surface area contributed by atoms with Gasteiger partial charge in [0.1, 0.15) is 12.7 Å². The first-order valence-electron chi connectivity index (χ1n) is 7.70. The van der Waals surface area contributed by atoms with Crippen molar-refractivity contribution >= 4 is 34.9 Å². The molecule has 2 aromatic carbocycles. The van der Waals surface area contributed by atoms with E-state index in [9.17, 15) is 19.7 Å². The van der Waals surface area contributed by atoms with Gasteiger partial charge in [-0.2, -0.15) is 0 Å². The van der Waals surface area contributed by atoms with E-state index in [1.807, 2.05) is 30.3 Å². The number of non-ortho nitro benzene ring substituents is 1. The molecule has 0 saturated carbocycles. The Morgan fingerprint density at radius 1 is 1.27 bits per heavy atom. The zero-order valence-corrected chi connectivity index (χ0v) is 14.5. The van der Waals surface area contributed by atoms with Gasteiger partial charge >= 0.3 is 6.03 Å². The first kappa shape index (κ1) is 17.7. The molecule has 134 valence electrons. The van der Waals surface area contributed by atoms with Crippen LogP contribution in [0.4, 0.5) is 16.2 Å². The molecule has 1 atom stereocenters. The Labute approximate surface area is 154 Å². The second kappa shape index (κ2) is 7.01. The number of halogens is 1. The third kappa shape index (κ3) is 3.31. The summed E-state index contributed by atoms with van der Waals surface area (Å²) >= 11 is 6.02. The quantitative estimate of drug-likeness (QED) is 0.658. The van der Waals surface area contributed by atoms with Crippen molar-refractivity contribution in [3.05, 3.63) is 69.2 Å². The number of nitrogens with zero attached hydrogens (tertiary/aromatic N) is 3. The van der Waals surface area contributed by atoms with Gasteiger partial charge in [0.25, 0.3) is 5.69 Å². The molecule has 8 nitrogen and oxygen atoms in total. The molecule has 0 unspecified atom stereocenters. The number of hydrogen-bond donors (Lipinski definition) is 1. The summed E-state index contributed by atoms with van der Waals surface area (Å²) in [6.07, 6.45) is -0.541. The number of likely N-dealkylation sites (N-methyl/N-ethyl adjacent to an activating group) is 1. The summed E-state index contributed by atoms with van der Waals surface area (Å²) in [7, 11) is 1.63. The fraction of sp³-hybridized carbons (Fsp3) is 0.176. The van der Waals surface area contributed by atoms with Crippen LogP contribution in [0.3, 0.4) is 0 Å². The van der Waals surface area contributed by atoms with Gasteiger partial charge in [-0.1, -0.05) is 41.9 Å². The van der Waals surface area contributed by atoms with Crippen LogP contribution in [-0.2, 0) is 4.79 Å². The van der Waals surface area contributed by atoms with Crippen molar-refractivity contribution in [2.45, 2.75) is 6.17 Å². The summed E-state index contributed by atoms with van der Waals surface area (Å²) in [6, 6.07) is 12.4. The average Bonchev–Trinajstić information content (AvgIpc) is 2.92. The summed E-state index contributed by atoms with van der Waals surface area (Å²) in [5.41, 5.74) is 0.855. The van der Waals surface area contributed by atoms with Crippen molar-refractivity contribution in [3.63, 3.8) is 0 Å². The van der Waals surface area contributed by atoms with Crippen LogP contribution in [0.15, 0.2) is 48.5 Å². The molecule has 1 heterocycles. The van der Waals surface area contributed by atoms with Gasteiger partial charge in [-0.3, -0.25) is 19.8 Å². The number of carbonyl (C=O) groups excluding carboxylic acids is 2. The number of benzene rings is 2. The molecule has 3 rings (SSSR count). The predicted octanol–water partition coefficient (Wildman–Crippen LogP) is 3.25. The zero-order valence-electron chi connectivity index (χ0n) is 13.8. The maximum absolute atomic E-state index is 12.7. The molecule has 3 amide bonds. The molecule has 1 N–H and O–H groups in total. The Balaban J connectivity index is 1.84. The largest absolute Gasteiger partial charge is 0.324 e. The summed E-state index contributed by atoms with van der Waals surface area (Å²) in [6.45, 7) is -0.0769. The maximum Gasteiger partial charge on any atom is 0.324 e. The average molecular weight is 375 g/mol. The zero-order chi connectivity index (χ0) is 18.8. The topological polar surface area (TPSA) is 95.8 Å². The minimum Gasteiger partial charge on any atom is -0.319 e. The van der Waals surface area contributed by atoms with Crippen molar-refractivity contribution in [1.82, 2.24) is 9.80 Å². The molecule has 0 radical (unpaired) electrons. The van der Waals surface area contributed by atoms with E-state index in [1.54, 1.807) is 7.05 Å². The van der Waals surface area contributed by atoms with Crippen molar-refractivity contribution in [2.24, 2.45) is 0 Å². The molecule has 0 aliphatic carbocycles. The van der Waals surface area contributed by atoms with Crippen molar-refractivity contribution in [1.29, 1.82) is 0 Å². The number of anilines is 1. The standard InChI is InChI=1S/C17H15ClN4O4/c1-20-15(23)10-21(16(20)11-5-3-2-4-6-11)17(24)19-14-8-7-12(22(25)26)9-13(14)18/h2-9,16H,10H2,1H3,(H,19,24)/t16-/m1/s1. The molecular formula is C17H15ClN4O4. The van der Waals surface area contributed by atoms with Crippen LogP contribution in [0.25, 0.3) is 0 Å². The Morgan fingerprint density at radius 3 is 2.58 bits per heavy atom. The Kier molecular flexibility index (Phi) is 4.77. The van der Waals surface area contributed by atoms with E-state index in [-0.39, 0.29) is 28.8 Å². The Morgan fingerprint density at radius 2 is 1.96 bits per heavy atom. The number of hydrogen-bond acceptors (Lipinski definition) is 4. The minimum atomic E-state index is -0.572. The van der Waals surface area contributed by atoms with Crippen LogP contribution in [0.1, 0.15) is 11.7 Å². The molecule has 2 aromatic rings. The van der Waals surface area contributed by atoms with Gasteiger partial charge in [0.15, 0.2) is 0 Å². The third-order valence-electron chi connectivity index (χ3n) is 4.12. The number of amides is 3. The molecular weight excluding hydrogens is 360 g/mol. The lowest BCUT2D eigenvalue weighted by Gasteiger charge is -2.28. The second-order valence-electron chi connectivity index (χ2n) is 5.77. The maximum atomic E-state index is 12.7. The van der Waals surface area contributed by atoms with Crippen molar-refractivity contribution < 1.29 is 14.5 Å². The summed E-state index contributed by atoms with van der Waals surface area (Å²) in [4.78, 5) is 37.9. The van der Waals surface area contributed by atoms with Gasteiger partial charge in [-0.25, -0.2) is 4.79 Å². The summed E-state index contributed by atoms with van der Waals surface area (Å²) in [5, 5.41) is 13.4. The number of nitro groups is 1. The number of nitrogens with one attached hydrogen (secondary N) is 1. The van der Waals surface area contributed by atoms with Crippen LogP contribution in [0, 0.1) is 10.1 Å². The van der Waals surface area contributed by atoms with Gasteiger partial charge in [0.05, 0.1) is 15.6 Å². The molecule has 0 bridgehead atoms. The molecule has 0 aromatic heterocycles. The molecule has 1 fully saturated rings. The van der Waals surface area contributed by atoms with E-state index >= 15 is 0 Å². The molecule has 26 heavy (non-hydrogen) atoms. The normalized spacial score (nSPS) is 16.7. The highest BCUT2D eigenvalue weighted by Gasteiger charge is 2.39. The van der Waals surface area contributed by atoms with Crippen LogP contribution in [0.5, 0.6) is 0 Å². The smallest absolute Gasteiger partial charge is 0.319 e. The SMILES string of the molecule is CN1C(=O)CN(C(=O)Nc2ccc([N+](=O)[O-])cc2Cl)[C@@H]1c1ccccc1. The first-order valence-corrected chi connectivity index (χ1v) is 8.08. The lowest BCUT2D eigenvalue weighted by atomic mass is 10.1. The predicted molar refractivity (Wildman–Crippen MR) is 95.8 cm³/mol. The molecule has 0 spiro atoms. The molecule has 9 heteroatoms. The summed E-state index contributed by atoms with van der Waals surface area (Å²) < 4.78 is 0. The van der Waals surface area contributed by atoms with E-state index < -0.39 is 17.1 Å². The van der Waals surface area contributed by atoms with E-state index in [4.69, 9.17) is 11.6 Å². The highest BCUT2D eigenvalue weighted by atomic mass is 35.5. The van der Waals surface area contributed by atoms with Gasteiger partial charge in [-0.05, 0) is 11.6 Å². The molecule has 1 aliphatic heterocycles. The van der Waals surface area contributed by atoms with Gasteiger partial charge < -0.3 is 10.2 Å². The van der Waals surface area contributed by atoms with E-state index in [2.05, 4.69) is 5.32 Å². The van der Waals surface area contributed by atoms with Crippen LogP contribution in [0.2, 0.25) is 5.02 Å². The number of carbonyl (C=O) groups is 2. The van der Waals surface area contributed by atoms with Gasteiger partial charge in [0, 0.05) is 19.2 Å². The van der Waals surface area contributed by atoms with E-state index in [0.29, 0.717) is 0 Å². The highest BCUT2D eigenvalue weighted by molar-refractivity contribution is 6.33. The van der Waals surface area contributed by atoms with E-state index in [1.165, 1.54) is 21.9 Å². The molecule has 1 saturated heterocycles. The Hall–Kier alpha value is -3.13. The number of urea groups is 1. The number of rotatable bonds is 3. The lowest BCUT2D eigenvalue weighted by Crippen LogP contribution is -2.37. The highest BCUT2D eigenvalue weighted by Crippen LogP contribution is 2.31. The van der Waals surface area contributed by atoms with Gasteiger partial charge in [-0.15, -0.1) is 0 Å². The van der Waals surface area contributed by atoms with E-state index in [0.717, 1.165) is 11.6 Å². The van der Waals surface area contributed by atoms with Crippen molar-refractivity contribution in [2.75, 3.05) is 18.9 Å². The van der Waals surface area contributed by atoms with Crippen LogP contribution in [-0.4, -0.2) is 40.3 Å². The first-order chi connectivity index (χ1) is 12.4. The fourth-order valence-corrected chi connectivity index (χ4v) is 3.03. The number of nitro benzene ring substituents is 1. The fourth-order valence-electron chi connectivity index (χ4n) is 2.81. The van der Waals surface area contributed by atoms with Crippen LogP contribution < -0.4 is 5.32 Å². The van der Waals surface area contributed by atoms with Crippen LogP contribution >= 0.6 is 11.6 Å². The Bertz CT molecular complexity index is 874. The second-order valence-corrected chi connectivity index (χ2v) is 6.18. The van der Waals surface area contributed by atoms with Gasteiger partial charge in [0.2, 0.25) is 5.91 Å². The molecule has 1 aliphatic rings.